The predicted molar refractivity (Wildman–Crippen MR) is 67.4 cm³/mol. The molecule has 1 aromatic carbocycles. The second kappa shape index (κ2) is 5.79. The third-order valence-electron chi connectivity index (χ3n) is 2.16. The number of nitro groups is 1. The largest absolute Gasteiger partial charge is 0.399 e. The molecular formula is C12H15N3O2. The maximum Gasteiger partial charge on any atom is 0.302 e. The van der Waals surface area contributed by atoms with E-state index in [0.29, 0.717) is 6.54 Å². The molecule has 0 radical (unpaired) electrons. The summed E-state index contributed by atoms with van der Waals surface area (Å²) in [5, 5.41) is 10.4. The van der Waals surface area contributed by atoms with Crippen molar-refractivity contribution < 1.29 is 4.92 Å². The summed E-state index contributed by atoms with van der Waals surface area (Å²) in [7, 11) is 0. The first-order valence-corrected chi connectivity index (χ1v) is 5.16. The summed E-state index contributed by atoms with van der Waals surface area (Å²) in [4.78, 5) is 13.9. The van der Waals surface area contributed by atoms with Gasteiger partial charge in [0.2, 0.25) is 0 Å². The van der Waals surface area contributed by atoms with Crippen molar-refractivity contribution in [3.8, 4) is 0 Å². The first kappa shape index (κ1) is 12.9. The van der Waals surface area contributed by atoms with Crippen molar-refractivity contribution in [1.29, 1.82) is 0 Å². The molecule has 0 amide bonds. The molecule has 0 aliphatic heterocycles. The van der Waals surface area contributed by atoms with Gasteiger partial charge in [0.25, 0.3) is 0 Å². The molecule has 0 saturated heterocycles. The summed E-state index contributed by atoms with van der Waals surface area (Å²) in [6, 6.07) is 6.07. The van der Waals surface area contributed by atoms with E-state index in [4.69, 9.17) is 5.73 Å². The number of aliphatic imine (C=N–C) groups is 1. The lowest BCUT2D eigenvalue weighted by Gasteiger charge is -2.01. The van der Waals surface area contributed by atoms with Crippen LogP contribution in [0.2, 0.25) is 0 Å². The Morgan fingerprint density at radius 2 is 2.00 bits per heavy atom. The van der Waals surface area contributed by atoms with Crippen molar-refractivity contribution in [2.45, 2.75) is 20.4 Å². The van der Waals surface area contributed by atoms with Crippen molar-refractivity contribution in [2.75, 3.05) is 0 Å². The predicted octanol–water partition coefficient (Wildman–Crippen LogP) is 1.95. The Labute approximate surface area is 99.8 Å². The fourth-order valence-electron chi connectivity index (χ4n) is 1.56. The molecule has 0 atom stereocenters. The Bertz CT molecular complexity index is 458. The zero-order valence-electron chi connectivity index (χ0n) is 9.88. The average molecular weight is 233 g/mol. The molecule has 0 saturated carbocycles. The van der Waals surface area contributed by atoms with Gasteiger partial charge in [0.1, 0.15) is 6.21 Å². The molecule has 0 bridgehead atoms. The van der Waals surface area contributed by atoms with Crippen LogP contribution in [0.15, 0.2) is 35.1 Å². The van der Waals surface area contributed by atoms with Gasteiger partial charge in [0.15, 0.2) is 0 Å². The molecule has 0 spiro atoms. The first-order chi connectivity index (χ1) is 8.02. The van der Waals surface area contributed by atoms with Crippen LogP contribution < -0.4 is 5.73 Å². The highest BCUT2D eigenvalue weighted by Crippen LogP contribution is 2.09. The molecule has 5 nitrogen and oxygen atoms in total. The van der Waals surface area contributed by atoms with Crippen molar-refractivity contribution >= 4 is 6.21 Å². The molecule has 0 heterocycles. The van der Waals surface area contributed by atoms with Gasteiger partial charge in [-0.3, -0.25) is 15.1 Å². The molecular weight excluding hydrogens is 218 g/mol. The van der Waals surface area contributed by atoms with Crippen molar-refractivity contribution in [2.24, 2.45) is 10.7 Å². The molecule has 17 heavy (non-hydrogen) atoms. The van der Waals surface area contributed by atoms with E-state index in [2.05, 4.69) is 11.1 Å². The third-order valence-corrected chi connectivity index (χ3v) is 2.16. The van der Waals surface area contributed by atoms with Crippen LogP contribution >= 0.6 is 0 Å². The molecule has 0 aliphatic carbocycles. The van der Waals surface area contributed by atoms with Crippen LogP contribution in [0.25, 0.3) is 0 Å². The first-order valence-electron chi connectivity index (χ1n) is 5.16. The summed E-state index contributed by atoms with van der Waals surface area (Å²) in [5.74, 6) is 0. The Morgan fingerprint density at radius 3 is 2.47 bits per heavy atom. The highest BCUT2D eigenvalue weighted by molar-refractivity contribution is 5.75. The van der Waals surface area contributed by atoms with Crippen LogP contribution in [0.4, 0.5) is 0 Å². The highest BCUT2D eigenvalue weighted by atomic mass is 16.6. The maximum absolute atomic E-state index is 10.4. The van der Waals surface area contributed by atoms with Crippen LogP contribution in [-0.2, 0) is 6.54 Å². The van der Waals surface area contributed by atoms with Crippen LogP contribution in [-0.4, -0.2) is 11.1 Å². The second-order valence-corrected chi connectivity index (χ2v) is 3.81. The van der Waals surface area contributed by atoms with Crippen LogP contribution in [0.5, 0.6) is 0 Å². The van der Waals surface area contributed by atoms with E-state index >= 15 is 0 Å². The number of aryl methyl sites for hydroxylation is 2. The van der Waals surface area contributed by atoms with Gasteiger partial charge in [-0.05, 0) is 19.4 Å². The van der Waals surface area contributed by atoms with Crippen LogP contribution in [0.3, 0.4) is 0 Å². The highest BCUT2D eigenvalue weighted by Gasteiger charge is 2.04. The van der Waals surface area contributed by atoms with Gasteiger partial charge in [-0.2, -0.15) is 0 Å². The van der Waals surface area contributed by atoms with Gasteiger partial charge in [-0.25, -0.2) is 0 Å². The number of allylic oxidation sites excluding steroid dienone is 1. The fourth-order valence-corrected chi connectivity index (χ4v) is 1.56. The van der Waals surface area contributed by atoms with E-state index in [-0.39, 0.29) is 5.70 Å². The molecule has 1 rings (SSSR count). The monoisotopic (exact) mass is 233 g/mol. The SMILES string of the molecule is Cc1cc(C)cc(CN=C/C(=C\N)[N+](=O)[O-])c1. The number of hydrogen-bond acceptors (Lipinski definition) is 4. The van der Waals surface area contributed by atoms with E-state index in [1.807, 2.05) is 26.0 Å². The number of nitrogens with zero attached hydrogens (tertiary/aromatic N) is 2. The normalized spacial score (nSPS) is 12.0. The molecule has 0 unspecified atom stereocenters. The zero-order valence-corrected chi connectivity index (χ0v) is 9.88. The van der Waals surface area contributed by atoms with E-state index < -0.39 is 4.92 Å². The minimum atomic E-state index is -0.564. The molecule has 1 aromatic rings. The Kier molecular flexibility index (Phi) is 4.39. The summed E-state index contributed by atoms with van der Waals surface area (Å²) < 4.78 is 0. The lowest BCUT2D eigenvalue weighted by atomic mass is 10.1. The van der Waals surface area contributed by atoms with Gasteiger partial charge in [-0.15, -0.1) is 0 Å². The Hall–Kier alpha value is -2.17. The lowest BCUT2D eigenvalue weighted by molar-refractivity contribution is -0.414. The van der Waals surface area contributed by atoms with Crippen LogP contribution in [0, 0.1) is 24.0 Å². The van der Waals surface area contributed by atoms with Gasteiger partial charge in [0, 0.05) is 0 Å². The van der Waals surface area contributed by atoms with E-state index in [0.717, 1.165) is 22.9 Å². The summed E-state index contributed by atoms with van der Waals surface area (Å²) in [6.07, 6.45) is 2.11. The number of rotatable bonds is 4. The second-order valence-electron chi connectivity index (χ2n) is 3.81. The molecule has 2 N–H and O–H groups in total. The third kappa shape index (κ3) is 4.06. The van der Waals surface area contributed by atoms with Crippen molar-refractivity contribution in [3.63, 3.8) is 0 Å². The van der Waals surface area contributed by atoms with Gasteiger partial charge in [0.05, 0.1) is 17.7 Å². The van der Waals surface area contributed by atoms with Crippen molar-refractivity contribution in [1.82, 2.24) is 0 Å². The van der Waals surface area contributed by atoms with Gasteiger partial charge < -0.3 is 5.73 Å². The van der Waals surface area contributed by atoms with E-state index in [9.17, 15) is 10.1 Å². The molecule has 0 fully saturated rings. The minimum Gasteiger partial charge on any atom is -0.399 e. The lowest BCUT2D eigenvalue weighted by Crippen LogP contribution is -2.03. The standard InChI is InChI=1S/C12H15N3O2/c1-9-3-10(2)5-11(4-9)7-14-8-12(6-13)15(16)17/h3-6,8H,7,13H2,1-2H3/b12-6+,14-8?. The molecule has 5 heteroatoms. The topological polar surface area (TPSA) is 81.5 Å². The number of nitrogens with two attached hydrogens (primary N) is 1. The van der Waals surface area contributed by atoms with Crippen LogP contribution in [0.1, 0.15) is 16.7 Å². The van der Waals surface area contributed by atoms with E-state index in [1.165, 1.54) is 6.21 Å². The number of benzene rings is 1. The molecule has 0 aromatic heterocycles. The Morgan fingerprint density at radius 1 is 1.41 bits per heavy atom. The summed E-state index contributed by atoms with van der Waals surface area (Å²) >= 11 is 0. The zero-order chi connectivity index (χ0) is 12.8. The summed E-state index contributed by atoms with van der Waals surface area (Å²) in [6.45, 7) is 4.42. The maximum atomic E-state index is 10.4. The molecule has 90 valence electrons. The Balaban J connectivity index is 2.73. The smallest absolute Gasteiger partial charge is 0.302 e. The molecule has 0 aliphatic rings. The van der Waals surface area contributed by atoms with E-state index in [1.54, 1.807) is 0 Å². The van der Waals surface area contributed by atoms with Crippen molar-refractivity contribution in [3.05, 3.63) is 56.9 Å². The minimum absolute atomic E-state index is 0.200. The van der Waals surface area contributed by atoms with Gasteiger partial charge >= 0.3 is 5.70 Å². The fraction of sp³-hybridized carbons (Fsp3) is 0.250. The average Bonchev–Trinajstić information content (AvgIpc) is 2.22. The quantitative estimate of drug-likeness (QED) is 0.490. The van der Waals surface area contributed by atoms with Gasteiger partial charge in [-0.1, -0.05) is 29.3 Å². The summed E-state index contributed by atoms with van der Waals surface area (Å²) in [5.41, 5.74) is 8.24. The number of hydrogen-bond donors (Lipinski definition) is 1.